The van der Waals surface area contributed by atoms with Crippen LogP contribution in [0, 0.1) is 0 Å². The molecule has 4 rings (SSSR count). The Balaban J connectivity index is 1.56. The zero-order valence-corrected chi connectivity index (χ0v) is 13.0. The summed E-state index contributed by atoms with van der Waals surface area (Å²) < 4.78 is 0. The zero-order valence-electron chi connectivity index (χ0n) is 13.0. The largest absolute Gasteiger partial charge is 0.368 e. The van der Waals surface area contributed by atoms with E-state index in [1.165, 1.54) is 11.9 Å². The maximum Gasteiger partial charge on any atom is 0.183 e. The Morgan fingerprint density at radius 1 is 0.958 bits per heavy atom. The number of anilines is 1. The summed E-state index contributed by atoms with van der Waals surface area (Å²) in [5.74, 6) is 1.53. The summed E-state index contributed by atoms with van der Waals surface area (Å²) in [4.78, 5) is 20.5. The normalized spacial score (nSPS) is 10.8. The van der Waals surface area contributed by atoms with Gasteiger partial charge >= 0.3 is 0 Å². The first-order valence-corrected chi connectivity index (χ1v) is 7.79. The molecule has 0 bridgehead atoms. The van der Waals surface area contributed by atoms with Crippen LogP contribution in [0.2, 0.25) is 0 Å². The van der Waals surface area contributed by atoms with Crippen molar-refractivity contribution in [1.29, 1.82) is 0 Å². The van der Waals surface area contributed by atoms with Crippen LogP contribution in [0.25, 0.3) is 22.6 Å². The SMILES string of the molecule is c1ccc(CCNc2ncnc3nc(-c4ccncc4)[nH]c23)cc1. The summed E-state index contributed by atoms with van der Waals surface area (Å²) in [5.41, 5.74) is 3.73. The van der Waals surface area contributed by atoms with Gasteiger partial charge in [0, 0.05) is 24.5 Å². The predicted octanol–water partition coefficient (Wildman–Crippen LogP) is 3.07. The van der Waals surface area contributed by atoms with Gasteiger partial charge in [-0.2, -0.15) is 0 Å². The number of pyridine rings is 1. The minimum atomic E-state index is 0.652. The Morgan fingerprint density at radius 2 is 1.79 bits per heavy atom. The fourth-order valence-electron chi connectivity index (χ4n) is 2.58. The molecule has 118 valence electrons. The van der Waals surface area contributed by atoms with Crippen molar-refractivity contribution in [3.63, 3.8) is 0 Å². The van der Waals surface area contributed by atoms with E-state index in [9.17, 15) is 0 Å². The van der Waals surface area contributed by atoms with E-state index in [0.29, 0.717) is 5.65 Å². The van der Waals surface area contributed by atoms with E-state index < -0.39 is 0 Å². The predicted molar refractivity (Wildman–Crippen MR) is 93.6 cm³/mol. The van der Waals surface area contributed by atoms with Crippen molar-refractivity contribution in [1.82, 2.24) is 24.9 Å². The van der Waals surface area contributed by atoms with Crippen molar-refractivity contribution in [3.05, 3.63) is 66.7 Å². The molecule has 3 heterocycles. The number of aromatic amines is 1. The number of hydrogen-bond donors (Lipinski definition) is 2. The van der Waals surface area contributed by atoms with Gasteiger partial charge in [0.2, 0.25) is 0 Å². The summed E-state index contributed by atoms with van der Waals surface area (Å²) in [7, 11) is 0. The number of aromatic nitrogens is 5. The van der Waals surface area contributed by atoms with Crippen LogP contribution in [0.4, 0.5) is 5.82 Å². The van der Waals surface area contributed by atoms with Crippen molar-refractivity contribution < 1.29 is 0 Å². The zero-order chi connectivity index (χ0) is 16.2. The molecule has 6 nitrogen and oxygen atoms in total. The number of imidazole rings is 1. The molecule has 0 unspecified atom stereocenters. The minimum Gasteiger partial charge on any atom is -0.368 e. The van der Waals surface area contributed by atoms with E-state index in [-0.39, 0.29) is 0 Å². The highest BCUT2D eigenvalue weighted by Crippen LogP contribution is 2.22. The third-order valence-corrected chi connectivity index (χ3v) is 3.79. The molecule has 24 heavy (non-hydrogen) atoms. The standard InChI is InChI=1S/C18H16N6/c1-2-4-13(5-3-1)6-11-20-17-15-18(22-12-21-17)24-16(23-15)14-7-9-19-10-8-14/h1-5,7-10,12H,6,11H2,(H2,20,21,22,23,24). The van der Waals surface area contributed by atoms with Crippen molar-refractivity contribution in [2.45, 2.75) is 6.42 Å². The lowest BCUT2D eigenvalue weighted by molar-refractivity contribution is 1.00. The maximum atomic E-state index is 4.54. The number of nitrogens with one attached hydrogen (secondary N) is 2. The van der Waals surface area contributed by atoms with E-state index in [4.69, 9.17) is 0 Å². The molecule has 1 aromatic carbocycles. The second-order valence-electron chi connectivity index (χ2n) is 5.40. The van der Waals surface area contributed by atoms with E-state index >= 15 is 0 Å². The molecule has 0 saturated carbocycles. The fourth-order valence-corrected chi connectivity index (χ4v) is 2.58. The van der Waals surface area contributed by atoms with Crippen LogP contribution in [0.15, 0.2) is 61.2 Å². The molecule has 0 amide bonds. The lowest BCUT2D eigenvalue weighted by Gasteiger charge is -2.05. The summed E-state index contributed by atoms with van der Waals surface area (Å²) in [6, 6.07) is 14.2. The Hall–Kier alpha value is -3.28. The summed E-state index contributed by atoms with van der Waals surface area (Å²) in [6.07, 6.45) is 5.95. The first-order chi connectivity index (χ1) is 11.9. The van der Waals surface area contributed by atoms with Gasteiger partial charge in [-0.25, -0.2) is 15.0 Å². The molecular weight excluding hydrogens is 300 g/mol. The number of H-pyrrole nitrogens is 1. The van der Waals surface area contributed by atoms with E-state index in [0.717, 1.165) is 35.7 Å². The molecule has 6 heteroatoms. The summed E-state index contributed by atoms with van der Waals surface area (Å²) >= 11 is 0. The molecule has 4 aromatic rings. The number of hydrogen-bond acceptors (Lipinski definition) is 5. The first-order valence-electron chi connectivity index (χ1n) is 7.79. The molecule has 0 aliphatic rings. The molecule has 0 saturated heterocycles. The molecule has 0 atom stereocenters. The lowest BCUT2D eigenvalue weighted by atomic mass is 10.1. The molecule has 0 aliphatic carbocycles. The second-order valence-corrected chi connectivity index (χ2v) is 5.40. The van der Waals surface area contributed by atoms with Crippen LogP contribution in [0.1, 0.15) is 5.56 Å². The summed E-state index contributed by atoms with van der Waals surface area (Å²) in [5, 5.41) is 3.37. The van der Waals surface area contributed by atoms with Gasteiger partial charge < -0.3 is 10.3 Å². The van der Waals surface area contributed by atoms with Gasteiger partial charge in [0.25, 0.3) is 0 Å². The van der Waals surface area contributed by atoms with Crippen LogP contribution < -0.4 is 5.32 Å². The number of benzene rings is 1. The highest BCUT2D eigenvalue weighted by atomic mass is 15.1. The van der Waals surface area contributed by atoms with Gasteiger partial charge in [0.05, 0.1) is 0 Å². The van der Waals surface area contributed by atoms with Gasteiger partial charge in [-0.05, 0) is 24.1 Å². The molecule has 0 radical (unpaired) electrons. The third-order valence-electron chi connectivity index (χ3n) is 3.79. The molecule has 0 aliphatic heterocycles. The average Bonchev–Trinajstić information content (AvgIpc) is 3.09. The second kappa shape index (κ2) is 6.45. The Labute approximate surface area is 139 Å². The van der Waals surface area contributed by atoms with Crippen LogP contribution in [0.3, 0.4) is 0 Å². The molecule has 2 N–H and O–H groups in total. The van der Waals surface area contributed by atoms with E-state index in [1.807, 2.05) is 30.3 Å². The molecule has 3 aromatic heterocycles. The maximum absolute atomic E-state index is 4.54. The van der Waals surface area contributed by atoms with E-state index in [2.05, 4.69) is 42.4 Å². The van der Waals surface area contributed by atoms with Crippen LogP contribution in [-0.2, 0) is 6.42 Å². The van der Waals surface area contributed by atoms with Gasteiger partial charge in [-0.3, -0.25) is 4.98 Å². The Morgan fingerprint density at radius 3 is 2.62 bits per heavy atom. The highest BCUT2D eigenvalue weighted by Gasteiger charge is 2.10. The summed E-state index contributed by atoms with van der Waals surface area (Å²) in [6.45, 7) is 0.791. The number of rotatable bonds is 5. The number of nitrogens with zero attached hydrogens (tertiary/aromatic N) is 4. The van der Waals surface area contributed by atoms with Crippen molar-refractivity contribution >= 4 is 17.0 Å². The van der Waals surface area contributed by atoms with Crippen molar-refractivity contribution in [3.8, 4) is 11.4 Å². The van der Waals surface area contributed by atoms with Gasteiger partial charge in [-0.15, -0.1) is 0 Å². The van der Waals surface area contributed by atoms with Gasteiger partial charge in [0.15, 0.2) is 11.5 Å². The Kier molecular flexibility index (Phi) is 3.85. The third kappa shape index (κ3) is 2.94. The van der Waals surface area contributed by atoms with Crippen LogP contribution >= 0.6 is 0 Å². The lowest BCUT2D eigenvalue weighted by Crippen LogP contribution is -2.07. The monoisotopic (exact) mass is 316 g/mol. The highest BCUT2D eigenvalue weighted by molar-refractivity contribution is 5.85. The topological polar surface area (TPSA) is 79.4 Å². The van der Waals surface area contributed by atoms with E-state index in [1.54, 1.807) is 12.4 Å². The smallest absolute Gasteiger partial charge is 0.183 e. The van der Waals surface area contributed by atoms with Crippen molar-refractivity contribution in [2.75, 3.05) is 11.9 Å². The van der Waals surface area contributed by atoms with Crippen molar-refractivity contribution in [2.24, 2.45) is 0 Å². The molecule has 0 fully saturated rings. The minimum absolute atomic E-state index is 0.652. The Bertz CT molecular complexity index is 934. The van der Waals surface area contributed by atoms with Crippen LogP contribution in [0.5, 0.6) is 0 Å². The quantitative estimate of drug-likeness (QED) is 0.591. The average molecular weight is 316 g/mol. The molecular formula is C18H16N6. The van der Waals surface area contributed by atoms with Gasteiger partial charge in [-0.1, -0.05) is 30.3 Å². The first kappa shape index (κ1) is 14.3. The van der Waals surface area contributed by atoms with Crippen LogP contribution in [-0.4, -0.2) is 31.5 Å². The number of fused-ring (bicyclic) bond motifs is 1. The molecule has 0 spiro atoms. The fraction of sp³-hybridized carbons (Fsp3) is 0.111. The van der Waals surface area contributed by atoms with Gasteiger partial charge in [0.1, 0.15) is 17.7 Å².